The van der Waals surface area contributed by atoms with Gasteiger partial charge in [-0.3, -0.25) is 19.2 Å². The first kappa shape index (κ1) is 23.8. The van der Waals surface area contributed by atoms with Gasteiger partial charge in [0.1, 0.15) is 0 Å². The summed E-state index contributed by atoms with van der Waals surface area (Å²) in [4.78, 5) is 53.3. The van der Waals surface area contributed by atoms with E-state index in [9.17, 15) is 19.2 Å². The Hall–Kier alpha value is -2.90. The fourth-order valence-electron chi connectivity index (χ4n) is 4.46. The lowest BCUT2D eigenvalue weighted by molar-refractivity contribution is -0.138. The molecule has 1 aromatic rings. The van der Waals surface area contributed by atoms with E-state index in [1.807, 2.05) is 30.3 Å². The Kier molecular flexibility index (Phi) is 8.64. The van der Waals surface area contributed by atoms with E-state index in [-0.39, 0.29) is 48.6 Å². The Morgan fingerprint density at radius 3 is 2.44 bits per heavy atom. The summed E-state index contributed by atoms with van der Waals surface area (Å²) in [5, 5.41) is 5.75. The van der Waals surface area contributed by atoms with Gasteiger partial charge in [0.05, 0.1) is 19.0 Å². The molecular weight excluding hydrogens is 408 g/mol. The van der Waals surface area contributed by atoms with Crippen molar-refractivity contribution in [1.82, 2.24) is 20.4 Å². The molecule has 0 aromatic heterocycles. The topological polar surface area (TPSA) is 98.8 Å². The Bertz CT molecular complexity index is 805. The van der Waals surface area contributed by atoms with E-state index in [0.717, 1.165) is 24.8 Å². The van der Waals surface area contributed by atoms with Crippen molar-refractivity contribution in [1.29, 1.82) is 0 Å². The Morgan fingerprint density at radius 2 is 1.75 bits per heavy atom. The molecule has 0 aliphatic carbocycles. The smallest absolute Gasteiger partial charge is 0.242 e. The van der Waals surface area contributed by atoms with Crippen LogP contribution in [0.4, 0.5) is 0 Å². The standard InChI is InChI=1S/C24H34N4O4/c1-18(29)27-14-10-20(11-15-27)24(32)26-17-23(31)28-13-7-3-6-12-25-22(30)16-21(28)19-8-4-2-5-9-19/h2,4-5,8-9,20-21H,3,6-7,10-17H2,1H3,(H,25,30)(H,26,32). The minimum Gasteiger partial charge on any atom is -0.356 e. The lowest BCUT2D eigenvalue weighted by Gasteiger charge is -2.33. The number of carbonyl (C=O) groups excluding carboxylic acids is 4. The zero-order chi connectivity index (χ0) is 22.9. The van der Waals surface area contributed by atoms with Crippen LogP contribution in [0.15, 0.2) is 30.3 Å². The van der Waals surface area contributed by atoms with Gasteiger partial charge in [0.2, 0.25) is 23.6 Å². The minimum atomic E-state index is -0.363. The van der Waals surface area contributed by atoms with Gasteiger partial charge in [-0.1, -0.05) is 30.3 Å². The Labute approximate surface area is 189 Å². The van der Waals surface area contributed by atoms with Crippen molar-refractivity contribution >= 4 is 23.6 Å². The van der Waals surface area contributed by atoms with E-state index in [0.29, 0.717) is 39.0 Å². The molecular formula is C24H34N4O4. The van der Waals surface area contributed by atoms with Gasteiger partial charge >= 0.3 is 0 Å². The first-order valence-electron chi connectivity index (χ1n) is 11.6. The number of hydrogen-bond donors (Lipinski definition) is 2. The van der Waals surface area contributed by atoms with Gasteiger partial charge in [0, 0.05) is 39.0 Å². The van der Waals surface area contributed by atoms with Gasteiger partial charge in [-0.25, -0.2) is 0 Å². The number of likely N-dealkylation sites (tertiary alicyclic amines) is 1. The maximum absolute atomic E-state index is 13.2. The zero-order valence-electron chi connectivity index (χ0n) is 18.8. The number of rotatable bonds is 4. The van der Waals surface area contributed by atoms with E-state index >= 15 is 0 Å². The maximum Gasteiger partial charge on any atom is 0.242 e. The molecule has 2 saturated heterocycles. The van der Waals surface area contributed by atoms with Gasteiger partial charge in [0.25, 0.3) is 0 Å². The fraction of sp³-hybridized carbons (Fsp3) is 0.583. The molecule has 0 radical (unpaired) electrons. The number of carbonyl (C=O) groups is 4. The summed E-state index contributed by atoms with van der Waals surface area (Å²) in [5.74, 6) is -0.551. The van der Waals surface area contributed by atoms with E-state index < -0.39 is 0 Å². The van der Waals surface area contributed by atoms with Crippen molar-refractivity contribution in [3.05, 3.63) is 35.9 Å². The van der Waals surface area contributed by atoms with E-state index in [1.165, 1.54) is 6.92 Å². The quantitative estimate of drug-likeness (QED) is 0.740. The number of benzene rings is 1. The number of nitrogens with zero attached hydrogens (tertiary/aromatic N) is 2. The van der Waals surface area contributed by atoms with Gasteiger partial charge in [-0.2, -0.15) is 0 Å². The SMILES string of the molecule is CC(=O)N1CCC(C(=O)NCC(=O)N2CCCCCNC(=O)CC2c2ccccc2)CC1. The third-order valence-corrected chi connectivity index (χ3v) is 6.38. The fourth-order valence-corrected chi connectivity index (χ4v) is 4.46. The molecule has 8 nitrogen and oxygen atoms in total. The molecule has 3 rings (SSSR count). The highest BCUT2D eigenvalue weighted by molar-refractivity contribution is 5.87. The first-order valence-corrected chi connectivity index (χ1v) is 11.6. The molecule has 2 aliphatic heterocycles. The average Bonchev–Trinajstić information content (AvgIpc) is 2.81. The summed E-state index contributed by atoms with van der Waals surface area (Å²) < 4.78 is 0. The second-order valence-corrected chi connectivity index (χ2v) is 8.63. The number of piperidine rings is 1. The van der Waals surface area contributed by atoms with Crippen molar-refractivity contribution in [3.63, 3.8) is 0 Å². The Balaban J connectivity index is 1.64. The summed E-state index contributed by atoms with van der Waals surface area (Å²) in [6.45, 7) is 3.80. The second-order valence-electron chi connectivity index (χ2n) is 8.63. The van der Waals surface area contributed by atoms with Crippen molar-refractivity contribution in [2.45, 2.75) is 51.5 Å². The Morgan fingerprint density at radius 1 is 1.03 bits per heavy atom. The van der Waals surface area contributed by atoms with E-state index in [4.69, 9.17) is 0 Å². The van der Waals surface area contributed by atoms with Gasteiger partial charge in [-0.15, -0.1) is 0 Å². The largest absolute Gasteiger partial charge is 0.356 e. The summed E-state index contributed by atoms with van der Waals surface area (Å²) in [5.41, 5.74) is 0.916. The monoisotopic (exact) mass is 442 g/mol. The summed E-state index contributed by atoms with van der Waals surface area (Å²) in [7, 11) is 0. The van der Waals surface area contributed by atoms with Gasteiger partial charge in [0.15, 0.2) is 0 Å². The third-order valence-electron chi connectivity index (χ3n) is 6.38. The molecule has 0 bridgehead atoms. The third kappa shape index (κ3) is 6.55. The normalized spacial score (nSPS) is 20.9. The molecule has 2 fully saturated rings. The molecule has 0 saturated carbocycles. The van der Waals surface area contributed by atoms with Crippen molar-refractivity contribution < 1.29 is 19.2 Å². The van der Waals surface area contributed by atoms with Crippen LogP contribution in [0.2, 0.25) is 0 Å². The van der Waals surface area contributed by atoms with Crippen LogP contribution in [0.5, 0.6) is 0 Å². The number of nitrogens with one attached hydrogen (secondary N) is 2. The molecule has 1 aromatic carbocycles. The van der Waals surface area contributed by atoms with Gasteiger partial charge in [-0.05, 0) is 37.7 Å². The molecule has 32 heavy (non-hydrogen) atoms. The van der Waals surface area contributed by atoms with Crippen molar-refractivity contribution in [2.75, 3.05) is 32.7 Å². The van der Waals surface area contributed by atoms with Crippen LogP contribution in [0, 0.1) is 5.92 Å². The highest BCUT2D eigenvalue weighted by Crippen LogP contribution is 2.26. The highest BCUT2D eigenvalue weighted by atomic mass is 16.2. The van der Waals surface area contributed by atoms with Crippen LogP contribution >= 0.6 is 0 Å². The van der Waals surface area contributed by atoms with Crippen LogP contribution < -0.4 is 10.6 Å². The van der Waals surface area contributed by atoms with Crippen LogP contribution in [0.3, 0.4) is 0 Å². The molecule has 1 unspecified atom stereocenters. The predicted octanol–water partition coefficient (Wildman–Crippen LogP) is 1.62. The molecule has 8 heteroatoms. The van der Waals surface area contributed by atoms with Crippen LogP contribution in [0.1, 0.15) is 57.1 Å². The highest BCUT2D eigenvalue weighted by Gasteiger charge is 2.30. The first-order chi connectivity index (χ1) is 15.5. The molecule has 4 amide bonds. The lowest BCUT2D eigenvalue weighted by Crippen LogP contribution is -2.47. The van der Waals surface area contributed by atoms with Crippen LogP contribution in [0.25, 0.3) is 0 Å². The predicted molar refractivity (Wildman–Crippen MR) is 120 cm³/mol. The summed E-state index contributed by atoms with van der Waals surface area (Å²) >= 11 is 0. The van der Waals surface area contributed by atoms with Crippen LogP contribution in [-0.2, 0) is 19.2 Å². The van der Waals surface area contributed by atoms with Crippen molar-refractivity contribution in [2.24, 2.45) is 5.92 Å². The average molecular weight is 443 g/mol. The molecule has 0 spiro atoms. The minimum absolute atomic E-state index is 0.0267. The summed E-state index contributed by atoms with van der Waals surface area (Å²) in [6.07, 6.45) is 4.08. The second kappa shape index (κ2) is 11.6. The zero-order valence-corrected chi connectivity index (χ0v) is 18.8. The van der Waals surface area contributed by atoms with Crippen LogP contribution in [-0.4, -0.2) is 66.2 Å². The van der Waals surface area contributed by atoms with E-state index in [2.05, 4.69) is 10.6 Å². The number of amides is 4. The number of hydrogen-bond acceptors (Lipinski definition) is 4. The molecule has 2 aliphatic rings. The molecule has 2 N–H and O–H groups in total. The maximum atomic E-state index is 13.2. The van der Waals surface area contributed by atoms with E-state index in [1.54, 1.807) is 9.80 Å². The molecule has 174 valence electrons. The molecule has 1 atom stereocenters. The molecule has 2 heterocycles. The van der Waals surface area contributed by atoms with Crippen molar-refractivity contribution in [3.8, 4) is 0 Å². The summed E-state index contributed by atoms with van der Waals surface area (Å²) in [6, 6.07) is 9.23. The lowest BCUT2D eigenvalue weighted by atomic mass is 9.96. The van der Waals surface area contributed by atoms with Gasteiger partial charge < -0.3 is 20.4 Å².